The summed E-state index contributed by atoms with van der Waals surface area (Å²) >= 11 is 0. The fourth-order valence-electron chi connectivity index (χ4n) is 2.59. The number of nitrogens with zero attached hydrogens (tertiary/aromatic N) is 3. The number of fused-ring (bicyclic) bond motifs is 1. The molecule has 0 radical (unpaired) electrons. The van der Waals surface area contributed by atoms with Gasteiger partial charge in [0, 0.05) is 0 Å². The second kappa shape index (κ2) is 4.11. The Balaban J connectivity index is 2.07. The summed E-state index contributed by atoms with van der Waals surface area (Å²) in [5.41, 5.74) is 2.03. The monoisotopic (exact) mass is 225 g/mol. The third kappa shape index (κ3) is 1.82. The van der Waals surface area contributed by atoms with Crippen LogP contribution in [-0.4, -0.2) is 48.0 Å². The molecule has 2 aromatic heterocycles. The van der Waals surface area contributed by atoms with Crippen LogP contribution in [0.15, 0.2) is 24.4 Å². The average Bonchev–Trinajstić information content (AvgIpc) is 2.93. The second-order valence-corrected chi connectivity index (χ2v) is 4.78. The maximum atomic E-state index is 4.65. The van der Waals surface area contributed by atoms with Crippen LogP contribution >= 0.6 is 0 Å². The molecule has 3 heterocycles. The topological polar surface area (TPSA) is 21.1 Å². The van der Waals surface area contributed by atoms with Crippen LogP contribution in [0.3, 0.4) is 0 Å². The van der Waals surface area contributed by atoms with Crippen LogP contribution in [0.2, 0.25) is 0 Å². The van der Waals surface area contributed by atoms with Gasteiger partial charge in [-0.25, -0.2) is 0 Å². The van der Waals surface area contributed by atoms with Crippen molar-refractivity contribution < 1.29 is 0 Å². The summed E-state index contributed by atoms with van der Waals surface area (Å²) in [5, 5.41) is 1.21. The van der Waals surface area contributed by atoms with Gasteiger partial charge in [-0.2, -0.15) is 0 Å². The van der Waals surface area contributed by atoms with Gasteiger partial charge < -0.3 is 0 Å². The van der Waals surface area contributed by atoms with E-state index in [0.29, 0.717) is 6.04 Å². The number of rotatable bonds is 2. The van der Waals surface area contributed by atoms with Gasteiger partial charge >= 0.3 is 101 Å². The van der Waals surface area contributed by atoms with Gasteiger partial charge in [0.15, 0.2) is 0 Å². The Hall–Kier alpha value is -1.42. The molecule has 3 nitrogen and oxygen atoms in total. The third-order valence-electron chi connectivity index (χ3n) is 3.56. The number of pyridine rings is 1. The first-order valence-corrected chi connectivity index (χ1v) is 6.06. The fourth-order valence-corrected chi connectivity index (χ4v) is 2.59. The molecule has 0 N–H and O–H groups in total. The molecule has 1 atom stereocenters. The van der Waals surface area contributed by atoms with Crippen molar-refractivity contribution in [1.82, 2.24) is 14.5 Å². The minimum atomic E-state index is 0.560. The molecule has 0 aromatic carbocycles. The molecular formula is C13H16BN3. The predicted octanol–water partition coefficient (Wildman–Crippen LogP) is 0.674. The van der Waals surface area contributed by atoms with E-state index in [1.165, 1.54) is 18.4 Å². The van der Waals surface area contributed by atoms with E-state index < -0.39 is 0 Å². The Morgan fingerprint density at radius 3 is 3.00 bits per heavy atom. The van der Waals surface area contributed by atoms with E-state index in [4.69, 9.17) is 0 Å². The molecule has 0 spiro atoms. The molecule has 1 fully saturated rings. The zero-order chi connectivity index (χ0) is 11.8. The van der Waals surface area contributed by atoms with Gasteiger partial charge in [0.05, 0.1) is 0 Å². The van der Waals surface area contributed by atoms with E-state index in [-0.39, 0.29) is 0 Å². The van der Waals surface area contributed by atoms with Gasteiger partial charge in [-0.05, 0) is 0 Å². The van der Waals surface area contributed by atoms with Crippen LogP contribution in [0.25, 0.3) is 11.0 Å². The van der Waals surface area contributed by atoms with Crippen molar-refractivity contribution in [3.63, 3.8) is 0 Å². The summed E-state index contributed by atoms with van der Waals surface area (Å²) in [5.74, 6) is 0. The van der Waals surface area contributed by atoms with Crippen LogP contribution in [0.1, 0.15) is 12.5 Å². The van der Waals surface area contributed by atoms with Gasteiger partial charge in [-0.15, -0.1) is 0 Å². The van der Waals surface area contributed by atoms with Crippen molar-refractivity contribution in [1.29, 1.82) is 0 Å². The molecule has 17 heavy (non-hydrogen) atoms. The molecule has 4 heteroatoms. The summed E-state index contributed by atoms with van der Waals surface area (Å²) in [6.45, 7) is 7.87. The molecule has 2 aromatic rings. The van der Waals surface area contributed by atoms with Crippen LogP contribution in [0.5, 0.6) is 0 Å². The molecule has 0 amide bonds. The van der Waals surface area contributed by atoms with E-state index in [1.54, 1.807) is 6.92 Å². The molecule has 1 unspecified atom stereocenters. The van der Waals surface area contributed by atoms with Gasteiger partial charge in [-0.1, -0.05) is 0 Å². The number of likely N-dealkylation sites (N-methyl/N-ethyl adjacent to an activating group) is 1. The molecule has 0 saturated carbocycles. The number of likely N-dealkylation sites (tertiary alicyclic amines) is 1. The number of hydrogen-bond acceptors (Lipinski definition) is 2. The Labute approximate surface area is 102 Å². The summed E-state index contributed by atoms with van der Waals surface area (Å²) in [4.78, 5) is 7.02. The molecular weight excluding hydrogens is 209 g/mol. The van der Waals surface area contributed by atoms with E-state index >= 15 is 0 Å². The number of hydrogen-bond donors (Lipinski definition) is 0. The van der Waals surface area contributed by atoms with E-state index in [0.717, 1.165) is 17.8 Å². The summed E-state index contributed by atoms with van der Waals surface area (Å²) in [6.07, 6.45) is 3.37. The van der Waals surface area contributed by atoms with Crippen LogP contribution in [0, 0.1) is 0 Å². The number of aromatic nitrogens is 2. The van der Waals surface area contributed by atoms with Gasteiger partial charge in [-0.3, -0.25) is 0 Å². The van der Waals surface area contributed by atoms with E-state index in [1.807, 2.05) is 6.07 Å². The molecule has 1 aliphatic rings. The van der Waals surface area contributed by atoms with Crippen LogP contribution < -0.4 is 5.59 Å². The van der Waals surface area contributed by atoms with Crippen molar-refractivity contribution in [2.24, 2.45) is 0 Å². The fraction of sp³-hybridized carbons (Fsp3) is 0.385. The third-order valence-corrected chi connectivity index (χ3v) is 3.56. The van der Waals surface area contributed by atoms with Crippen molar-refractivity contribution in [2.75, 3.05) is 20.1 Å². The normalized spacial score (nSPS) is 20.9. The predicted molar refractivity (Wildman–Crippen MR) is 73.4 cm³/mol. The molecule has 0 bridgehead atoms. The van der Waals surface area contributed by atoms with Gasteiger partial charge in [0.25, 0.3) is 0 Å². The maximum absolute atomic E-state index is 4.65. The Kier molecular flexibility index (Phi) is 2.59. The summed E-state index contributed by atoms with van der Waals surface area (Å²) in [7, 11) is 2.17. The van der Waals surface area contributed by atoms with Crippen LogP contribution in [-0.2, 0) is 0 Å². The first-order chi connectivity index (χ1) is 8.28. The van der Waals surface area contributed by atoms with E-state index in [2.05, 4.69) is 46.3 Å². The van der Waals surface area contributed by atoms with Gasteiger partial charge in [0.2, 0.25) is 0 Å². The molecule has 1 saturated heterocycles. The van der Waals surface area contributed by atoms with Crippen LogP contribution in [0.4, 0.5) is 0 Å². The minimum absolute atomic E-state index is 0.560. The van der Waals surface area contributed by atoms with Crippen molar-refractivity contribution >= 4 is 30.0 Å². The molecule has 3 rings (SSSR count). The summed E-state index contributed by atoms with van der Waals surface area (Å²) in [6, 6.07) is 6.84. The Morgan fingerprint density at radius 1 is 1.41 bits per heavy atom. The molecule has 1 aliphatic heterocycles. The average molecular weight is 225 g/mol. The Morgan fingerprint density at radius 2 is 2.29 bits per heavy atom. The standard InChI is InChI=1S/C13H16BN3/c1-14-12-4-3-10-5-8-17(13(10)15-12)11-6-7-16(2)9-11/h3-5,8,11H,1,6-7,9H2,2H3. The van der Waals surface area contributed by atoms with Crippen molar-refractivity contribution in [2.45, 2.75) is 12.5 Å². The Bertz CT molecular complexity index is 561. The first-order valence-electron chi connectivity index (χ1n) is 6.06. The molecule has 0 aliphatic carbocycles. The zero-order valence-corrected chi connectivity index (χ0v) is 10.1. The molecule has 86 valence electrons. The summed E-state index contributed by atoms with van der Waals surface area (Å²) < 4.78 is 2.31. The van der Waals surface area contributed by atoms with Crippen molar-refractivity contribution in [3.8, 4) is 0 Å². The van der Waals surface area contributed by atoms with E-state index in [9.17, 15) is 0 Å². The first kappa shape index (κ1) is 10.7. The van der Waals surface area contributed by atoms with Gasteiger partial charge in [0.1, 0.15) is 0 Å². The van der Waals surface area contributed by atoms with Crippen molar-refractivity contribution in [3.05, 3.63) is 24.4 Å². The zero-order valence-electron chi connectivity index (χ0n) is 10.1. The SMILES string of the molecule is C=Bc1ccc2ccn(C3CCN(C)C3)c2n1. The quantitative estimate of drug-likeness (QED) is 0.700. The second-order valence-electron chi connectivity index (χ2n) is 4.78.